The van der Waals surface area contributed by atoms with E-state index in [4.69, 9.17) is 29.9 Å². The van der Waals surface area contributed by atoms with Gasteiger partial charge in [0.25, 0.3) is 0 Å². The van der Waals surface area contributed by atoms with Gasteiger partial charge in [0.2, 0.25) is 0 Å². The van der Waals surface area contributed by atoms with Gasteiger partial charge < -0.3 is 0 Å². The topological polar surface area (TPSA) is 77.3 Å². The predicted octanol–water partition coefficient (Wildman–Crippen LogP) is 36.9. The van der Waals surface area contributed by atoms with E-state index in [1.54, 1.807) is 0 Å². The van der Waals surface area contributed by atoms with Gasteiger partial charge in [0.15, 0.2) is 0 Å². The van der Waals surface area contributed by atoms with Crippen LogP contribution >= 0.6 is 34.0 Å². The summed E-state index contributed by atoms with van der Waals surface area (Å²) in [6.07, 6.45) is 0. The quantitative estimate of drug-likeness (QED) is 0.141. The van der Waals surface area contributed by atoms with Crippen LogP contribution in [0.2, 0.25) is 0 Å². The highest BCUT2D eigenvalue weighted by atomic mass is 32.1. The number of fused-ring (bicyclic) bond motifs is 37. The molecule has 1 spiro atoms. The Labute approximate surface area is 834 Å². The number of hydrogen-bond donors (Lipinski definition) is 0. The molecule has 0 atom stereocenters. The van der Waals surface area contributed by atoms with Crippen molar-refractivity contribution in [3.63, 3.8) is 0 Å². The second-order valence-corrected chi connectivity index (χ2v) is 40.8. The molecule has 31 rings (SSSR count). The zero-order valence-corrected chi connectivity index (χ0v) is 79.8. The first-order chi connectivity index (χ1) is 70.8. The number of thiophene rings is 3. The van der Waals surface area contributed by atoms with Crippen LogP contribution in [0.5, 0.6) is 0 Å². The summed E-state index contributed by atoms with van der Waals surface area (Å²) < 4.78 is 7.92. The summed E-state index contributed by atoms with van der Waals surface area (Å²) in [5, 5.41) is 21.8. The molecule has 6 aromatic heterocycles. The first kappa shape index (κ1) is 82.4. The summed E-state index contributed by atoms with van der Waals surface area (Å²) in [6.45, 7) is 2.06. The zero-order chi connectivity index (χ0) is 94.1. The average Bonchev–Trinajstić information content (AvgIpc) is 1.50. The molecule has 23 aromatic carbocycles. The molecule has 0 saturated carbocycles. The molecule has 0 amide bonds. The van der Waals surface area contributed by atoms with Crippen molar-refractivity contribution in [2.24, 2.45) is 0 Å². The van der Waals surface area contributed by atoms with Crippen LogP contribution in [-0.2, 0) is 5.41 Å². The van der Waals surface area contributed by atoms with Crippen molar-refractivity contribution in [1.82, 2.24) is 29.9 Å². The Morgan fingerprint density at radius 3 is 0.769 bits per heavy atom. The van der Waals surface area contributed by atoms with E-state index in [1.807, 2.05) is 40.1 Å². The van der Waals surface area contributed by atoms with Crippen molar-refractivity contribution in [2.75, 3.05) is 0 Å². The zero-order valence-electron chi connectivity index (χ0n) is 77.4. The minimum absolute atomic E-state index is 0.465. The van der Waals surface area contributed by atoms with Crippen LogP contribution < -0.4 is 0 Å². The van der Waals surface area contributed by atoms with Crippen molar-refractivity contribution in [3.8, 4) is 112 Å². The predicted molar refractivity (Wildman–Crippen MR) is 607 cm³/mol. The molecule has 0 radical (unpaired) electrons. The van der Waals surface area contributed by atoms with E-state index in [0.717, 1.165) is 133 Å². The second-order valence-electron chi connectivity index (χ2n) is 37.5. The summed E-state index contributed by atoms with van der Waals surface area (Å²) in [6, 6.07) is 169. The van der Waals surface area contributed by atoms with Gasteiger partial charge in [-0.2, -0.15) is 0 Å². The molecule has 0 fully saturated rings. The number of aromatic nitrogens is 6. The first-order valence-corrected chi connectivity index (χ1v) is 51.1. The summed E-state index contributed by atoms with van der Waals surface area (Å²) in [5.41, 5.74) is 33.4. The third-order valence-electron chi connectivity index (χ3n) is 29.7. The molecule has 664 valence electrons. The molecule has 0 aliphatic heterocycles. The minimum Gasteiger partial charge on any atom is -0.249 e. The van der Waals surface area contributed by atoms with Gasteiger partial charge in [0.1, 0.15) is 0 Å². The highest BCUT2D eigenvalue weighted by Crippen LogP contribution is 2.64. The average molecular weight is 1870 g/mol. The smallest absolute Gasteiger partial charge is 0.0979 e. The van der Waals surface area contributed by atoms with Crippen LogP contribution in [0, 0.1) is 6.92 Å². The van der Waals surface area contributed by atoms with Gasteiger partial charge in [-0.3, -0.25) is 0 Å². The van der Waals surface area contributed by atoms with Gasteiger partial charge in [0, 0.05) is 121 Å². The summed E-state index contributed by atoms with van der Waals surface area (Å²) in [5.74, 6) is 0. The van der Waals surface area contributed by atoms with Crippen LogP contribution in [0.1, 0.15) is 27.9 Å². The third kappa shape index (κ3) is 13.1. The summed E-state index contributed by atoms with van der Waals surface area (Å²) in [4.78, 5) is 32.7. The van der Waals surface area contributed by atoms with E-state index in [2.05, 4.69) is 468 Å². The van der Waals surface area contributed by atoms with Crippen LogP contribution in [0.4, 0.5) is 0 Å². The Balaban J connectivity index is 0.000000106. The number of benzene rings is 23. The molecule has 6 nitrogen and oxygen atoms in total. The highest BCUT2D eigenvalue weighted by molar-refractivity contribution is 7.26. The molecule has 2 aliphatic rings. The standard InChI is InChI=1S/C59H34N2S.C40H24N2S.C35H22N2S/c1-3-22-46-39(16-1)40-17-2-4-23-47(40)58-57(46)60-55(37-15-13-14-35(32-37)36-29-31-54-48(33-36)45-21-8-12-27-53(45)62-54)56(61-58)38-28-30-44-43-20-7-11-26-51(43)59(52(44)34-38)49-24-9-5-18-41(49)42-19-6-10-25-50(42)59;1-2-10-26(11-3-1)37-38(42-40-33-16-7-5-13-30(33)29-12-4-6-15-32(29)39(40)41-37)27-20-18-25(19-21-27)28-22-23-36-34(24-28)31-14-8-9-17-35(31)43-36;1-21-33(37-35-29-12-5-3-9-26(29)25-8-2-4-11-28(25)34(35)36-21)23-16-14-22(15-17-23)24-18-19-32-30(20-24)27-10-6-7-13-31(27)38-32/h1-34H;1-24H;2-20H,1H3. The number of hydrogen-bond acceptors (Lipinski definition) is 9. The minimum atomic E-state index is -0.465. The van der Waals surface area contributed by atoms with Crippen molar-refractivity contribution in [2.45, 2.75) is 12.3 Å². The lowest BCUT2D eigenvalue weighted by molar-refractivity contribution is 0.794. The van der Waals surface area contributed by atoms with Gasteiger partial charge >= 0.3 is 0 Å². The van der Waals surface area contributed by atoms with Gasteiger partial charge in [0.05, 0.1) is 72.7 Å². The van der Waals surface area contributed by atoms with Crippen LogP contribution in [0.25, 0.3) is 270 Å². The summed E-state index contributed by atoms with van der Waals surface area (Å²) >= 11 is 5.56. The van der Waals surface area contributed by atoms with Crippen molar-refractivity contribution < 1.29 is 0 Å². The Bertz CT molecular complexity index is 10400. The van der Waals surface area contributed by atoms with Gasteiger partial charge in [-0.15, -0.1) is 34.0 Å². The lowest BCUT2D eigenvalue weighted by Crippen LogP contribution is -2.25. The maximum Gasteiger partial charge on any atom is 0.0979 e. The van der Waals surface area contributed by atoms with E-state index in [0.29, 0.717) is 0 Å². The number of nitrogens with zero attached hydrogens (tertiary/aromatic N) is 6. The van der Waals surface area contributed by atoms with Crippen molar-refractivity contribution in [1.29, 1.82) is 0 Å². The number of aryl methyl sites for hydroxylation is 1. The molecule has 0 saturated heterocycles. The largest absolute Gasteiger partial charge is 0.249 e. The molecule has 2 aliphatic carbocycles. The Kier molecular flexibility index (Phi) is 19.0. The fraction of sp³-hybridized carbons (Fsp3) is 0.0149. The van der Waals surface area contributed by atoms with E-state index in [-0.39, 0.29) is 0 Å². The fourth-order valence-corrected chi connectivity index (χ4v) is 26.4. The lowest BCUT2D eigenvalue weighted by Gasteiger charge is -2.30. The molecule has 6 heterocycles. The summed E-state index contributed by atoms with van der Waals surface area (Å²) in [7, 11) is 0. The van der Waals surface area contributed by atoms with E-state index < -0.39 is 5.41 Å². The monoisotopic (exact) mass is 1870 g/mol. The molecule has 0 N–H and O–H groups in total. The van der Waals surface area contributed by atoms with E-state index in [1.165, 1.54) is 165 Å². The normalized spacial score (nSPS) is 12.4. The molecule has 9 heteroatoms. The Hall–Kier alpha value is -17.7. The van der Waals surface area contributed by atoms with E-state index in [9.17, 15) is 0 Å². The van der Waals surface area contributed by atoms with Gasteiger partial charge in [-0.1, -0.05) is 400 Å². The van der Waals surface area contributed by atoms with Gasteiger partial charge in [-0.05, 0) is 184 Å². The van der Waals surface area contributed by atoms with Crippen LogP contribution in [0.15, 0.2) is 467 Å². The van der Waals surface area contributed by atoms with Crippen LogP contribution in [-0.4, -0.2) is 29.9 Å². The highest BCUT2D eigenvalue weighted by Gasteiger charge is 2.52. The van der Waals surface area contributed by atoms with Gasteiger partial charge in [-0.25, -0.2) is 29.9 Å². The first-order valence-electron chi connectivity index (χ1n) is 48.7. The van der Waals surface area contributed by atoms with Crippen molar-refractivity contribution >= 4 is 192 Å². The number of rotatable bonds is 8. The molecular weight excluding hydrogens is 1790 g/mol. The molecular formula is C134H80N6S3. The fourth-order valence-electron chi connectivity index (χ4n) is 23.2. The Morgan fingerprint density at radius 2 is 0.385 bits per heavy atom. The van der Waals surface area contributed by atoms with Crippen molar-refractivity contribution in [3.05, 3.63) is 495 Å². The Morgan fingerprint density at radius 1 is 0.147 bits per heavy atom. The second kappa shape index (κ2) is 33.0. The molecule has 0 unspecified atom stereocenters. The SMILES string of the molecule is Cc1nc2c3ccccc3c3ccccc3c2nc1-c1ccc(-c2ccc3sc4ccccc4c3c2)cc1.c1cc(-c2ccc3sc4ccccc4c3c2)cc(-c2nc3c4ccccc4c4ccccc4c3nc2-c2ccc3c(c2)C2(c4ccccc4-c4ccccc42)c2ccccc2-3)c1.c1ccc(-c2nc3c4ccccc4c4ccccc4c3nc2-c2ccc(-c3ccc4sc5ccccc5c4c3)cc2)cc1. The maximum atomic E-state index is 5.79. The lowest BCUT2D eigenvalue weighted by atomic mass is 9.70. The van der Waals surface area contributed by atoms with E-state index >= 15 is 0 Å². The molecule has 0 bridgehead atoms. The molecule has 143 heavy (non-hydrogen) atoms. The maximum absolute atomic E-state index is 5.79. The third-order valence-corrected chi connectivity index (χ3v) is 33.2. The molecule has 29 aromatic rings. The van der Waals surface area contributed by atoms with Crippen LogP contribution in [0.3, 0.4) is 0 Å².